The highest BCUT2D eigenvalue weighted by Crippen LogP contribution is 2.41. The summed E-state index contributed by atoms with van der Waals surface area (Å²) in [4.78, 5) is 27.6. The summed E-state index contributed by atoms with van der Waals surface area (Å²) in [5.41, 5.74) is 2.14. The predicted molar refractivity (Wildman–Crippen MR) is 80.6 cm³/mol. The van der Waals surface area contributed by atoms with Crippen molar-refractivity contribution in [2.24, 2.45) is 5.41 Å². The fraction of sp³-hybridized carbons (Fsp3) is 0.688. The summed E-state index contributed by atoms with van der Waals surface area (Å²) >= 11 is 0. The van der Waals surface area contributed by atoms with Crippen molar-refractivity contribution in [1.82, 2.24) is 9.55 Å². The summed E-state index contributed by atoms with van der Waals surface area (Å²) in [6, 6.07) is 0. The van der Waals surface area contributed by atoms with Gasteiger partial charge in [0.1, 0.15) is 0 Å². The Morgan fingerprint density at radius 2 is 2.00 bits per heavy atom. The molecule has 0 aromatic carbocycles. The Labute approximate surface area is 125 Å². The molecule has 0 atom stereocenters. The van der Waals surface area contributed by atoms with Crippen molar-refractivity contribution in [3.8, 4) is 0 Å². The third-order valence-electron chi connectivity index (χ3n) is 4.58. The van der Waals surface area contributed by atoms with Crippen LogP contribution in [0, 0.1) is 5.41 Å². The molecule has 0 aliphatic heterocycles. The molecule has 0 spiro atoms. The number of aliphatic carboxylic acids is 1. The first-order valence-corrected chi connectivity index (χ1v) is 7.73. The minimum atomic E-state index is -0.874. The van der Waals surface area contributed by atoms with Gasteiger partial charge in [0.05, 0.1) is 12.1 Å². The smallest absolute Gasteiger partial charge is 0.348 e. The molecule has 1 aromatic rings. The maximum absolute atomic E-state index is 12.3. The lowest BCUT2D eigenvalue weighted by Crippen LogP contribution is -2.39. The van der Waals surface area contributed by atoms with E-state index < -0.39 is 5.97 Å². The van der Waals surface area contributed by atoms with Crippen LogP contribution < -0.4 is 5.69 Å². The van der Waals surface area contributed by atoms with Crippen molar-refractivity contribution in [2.75, 3.05) is 0 Å². The van der Waals surface area contributed by atoms with Gasteiger partial charge in [-0.3, -0.25) is 9.36 Å². The lowest BCUT2D eigenvalue weighted by atomic mass is 9.70. The maximum atomic E-state index is 12.3. The largest absolute Gasteiger partial charge is 0.481 e. The molecule has 1 aliphatic carbocycles. The molecule has 0 bridgehead atoms. The molecule has 5 heteroatoms. The van der Waals surface area contributed by atoms with Crippen LogP contribution in [0.4, 0.5) is 0 Å². The van der Waals surface area contributed by atoms with E-state index in [2.05, 4.69) is 11.9 Å². The predicted octanol–water partition coefficient (Wildman–Crippen LogP) is 2.19. The molecule has 1 heterocycles. The average Bonchev–Trinajstić information content (AvgIpc) is 2.39. The zero-order chi connectivity index (χ0) is 15.6. The number of carbonyl (C=O) groups is 1. The molecule has 1 aliphatic rings. The third-order valence-corrected chi connectivity index (χ3v) is 4.58. The van der Waals surface area contributed by atoms with Crippen LogP contribution in [0.1, 0.15) is 57.0 Å². The maximum Gasteiger partial charge on any atom is 0.348 e. The van der Waals surface area contributed by atoms with Crippen LogP contribution in [-0.2, 0) is 30.6 Å². The van der Waals surface area contributed by atoms with Crippen molar-refractivity contribution in [2.45, 2.75) is 65.8 Å². The standard InChI is InChI=1S/C16H24N2O3/c1-4-12-11(9-14(19)20)13(5-2)18(15(21)17-12)10-16(3)7-6-8-16/h4-10H2,1-3H3,(H,19,20). The van der Waals surface area contributed by atoms with Gasteiger partial charge in [-0.2, -0.15) is 4.98 Å². The fourth-order valence-electron chi connectivity index (χ4n) is 3.22. The minimum Gasteiger partial charge on any atom is -0.481 e. The first-order chi connectivity index (χ1) is 9.90. The molecule has 1 fully saturated rings. The van der Waals surface area contributed by atoms with E-state index in [1.165, 1.54) is 6.42 Å². The van der Waals surface area contributed by atoms with Crippen LogP contribution >= 0.6 is 0 Å². The molecular weight excluding hydrogens is 268 g/mol. The molecule has 1 saturated carbocycles. The molecule has 2 rings (SSSR count). The van der Waals surface area contributed by atoms with Crippen LogP contribution in [0.3, 0.4) is 0 Å². The number of carboxylic acid groups (broad SMARTS) is 1. The molecule has 116 valence electrons. The van der Waals surface area contributed by atoms with Crippen molar-refractivity contribution in [3.63, 3.8) is 0 Å². The summed E-state index contributed by atoms with van der Waals surface area (Å²) < 4.78 is 1.72. The second-order valence-electron chi connectivity index (χ2n) is 6.29. The number of aryl methyl sites for hydroxylation is 1. The van der Waals surface area contributed by atoms with Gasteiger partial charge in [0.15, 0.2) is 0 Å². The van der Waals surface area contributed by atoms with Crippen LogP contribution in [0.2, 0.25) is 0 Å². The van der Waals surface area contributed by atoms with Crippen LogP contribution in [0.5, 0.6) is 0 Å². The average molecular weight is 292 g/mol. The summed E-state index contributed by atoms with van der Waals surface area (Å²) in [5.74, 6) is -0.874. The molecule has 5 nitrogen and oxygen atoms in total. The van der Waals surface area contributed by atoms with Gasteiger partial charge in [0.25, 0.3) is 0 Å². The van der Waals surface area contributed by atoms with E-state index in [-0.39, 0.29) is 17.5 Å². The zero-order valence-corrected chi connectivity index (χ0v) is 13.1. The van der Waals surface area contributed by atoms with Gasteiger partial charge < -0.3 is 5.11 Å². The Bertz CT molecular complexity index is 600. The van der Waals surface area contributed by atoms with Crippen LogP contribution in [-0.4, -0.2) is 20.6 Å². The Morgan fingerprint density at radius 1 is 1.33 bits per heavy atom. The molecular formula is C16H24N2O3. The van der Waals surface area contributed by atoms with E-state index in [1.807, 2.05) is 13.8 Å². The van der Waals surface area contributed by atoms with E-state index in [9.17, 15) is 9.59 Å². The Morgan fingerprint density at radius 3 is 2.43 bits per heavy atom. The number of hydrogen-bond donors (Lipinski definition) is 1. The normalized spacial score (nSPS) is 16.5. The fourth-order valence-corrected chi connectivity index (χ4v) is 3.22. The number of nitrogens with zero attached hydrogens (tertiary/aromatic N) is 2. The van der Waals surface area contributed by atoms with Gasteiger partial charge in [-0.15, -0.1) is 0 Å². The summed E-state index contributed by atoms with van der Waals surface area (Å²) in [6.45, 7) is 6.72. The topological polar surface area (TPSA) is 72.2 Å². The zero-order valence-electron chi connectivity index (χ0n) is 13.1. The van der Waals surface area contributed by atoms with E-state index in [0.717, 1.165) is 24.1 Å². The summed E-state index contributed by atoms with van der Waals surface area (Å²) in [6.07, 6.45) is 4.62. The molecule has 21 heavy (non-hydrogen) atoms. The highest BCUT2D eigenvalue weighted by atomic mass is 16.4. The molecule has 0 saturated heterocycles. The first-order valence-electron chi connectivity index (χ1n) is 7.73. The van der Waals surface area contributed by atoms with Gasteiger partial charge in [-0.25, -0.2) is 4.79 Å². The van der Waals surface area contributed by atoms with Gasteiger partial charge in [-0.1, -0.05) is 27.2 Å². The second kappa shape index (κ2) is 6.00. The first kappa shape index (κ1) is 15.7. The van der Waals surface area contributed by atoms with E-state index in [0.29, 0.717) is 25.1 Å². The Kier molecular flexibility index (Phi) is 4.49. The quantitative estimate of drug-likeness (QED) is 0.872. The number of hydrogen-bond acceptors (Lipinski definition) is 3. The lowest BCUT2D eigenvalue weighted by molar-refractivity contribution is -0.136. The molecule has 0 radical (unpaired) electrons. The summed E-state index contributed by atoms with van der Waals surface area (Å²) in [5, 5.41) is 9.14. The second-order valence-corrected chi connectivity index (χ2v) is 6.29. The Hall–Kier alpha value is -1.65. The van der Waals surface area contributed by atoms with E-state index in [1.54, 1.807) is 4.57 Å². The van der Waals surface area contributed by atoms with Gasteiger partial charge in [-0.05, 0) is 31.1 Å². The number of aromatic nitrogens is 2. The van der Waals surface area contributed by atoms with E-state index >= 15 is 0 Å². The van der Waals surface area contributed by atoms with Crippen molar-refractivity contribution < 1.29 is 9.90 Å². The summed E-state index contributed by atoms with van der Waals surface area (Å²) in [7, 11) is 0. The van der Waals surface area contributed by atoms with Gasteiger partial charge in [0, 0.05) is 17.8 Å². The third kappa shape index (κ3) is 3.17. The Balaban J connectivity index is 2.52. The molecule has 1 N–H and O–H groups in total. The highest BCUT2D eigenvalue weighted by molar-refractivity contribution is 5.71. The van der Waals surface area contributed by atoms with Gasteiger partial charge in [0.2, 0.25) is 0 Å². The lowest BCUT2D eigenvalue weighted by Gasteiger charge is -2.39. The van der Waals surface area contributed by atoms with Crippen LogP contribution in [0.15, 0.2) is 4.79 Å². The van der Waals surface area contributed by atoms with E-state index in [4.69, 9.17) is 5.11 Å². The van der Waals surface area contributed by atoms with Crippen molar-refractivity contribution >= 4 is 5.97 Å². The molecule has 1 aromatic heterocycles. The van der Waals surface area contributed by atoms with Crippen molar-refractivity contribution in [1.29, 1.82) is 0 Å². The minimum absolute atomic E-state index is 0.0592. The molecule has 0 amide bonds. The number of carboxylic acids is 1. The number of rotatable bonds is 6. The highest BCUT2D eigenvalue weighted by Gasteiger charge is 2.33. The SMILES string of the molecule is CCc1nc(=O)n(CC2(C)CCC2)c(CC)c1CC(=O)O. The van der Waals surface area contributed by atoms with Crippen LogP contribution in [0.25, 0.3) is 0 Å². The van der Waals surface area contributed by atoms with Gasteiger partial charge >= 0.3 is 11.7 Å². The molecule has 0 unspecified atom stereocenters. The van der Waals surface area contributed by atoms with Crippen molar-refractivity contribution in [3.05, 3.63) is 27.4 Å². The monoisotopic (exact) mass is 292 g/mol.